The van der Waals surface area contributed by atoms with Crippen molar-refractivity contribution in [2.24, 2.45) is 17.8 Å². The molecule has 0 amide bonds. The second-order valence-corrected chi connectivity index (χ2v) is 8.82. The maximum absolute atomic E-state index is 4.55. The average Bonchev–Trinajstić information content (AvgIpc) is 2.69. The molecule has 0 bridgehead atoms. The third-order valence-corrected chi connectivity index (χ3v) is 7.14. The fraction of sp³-hybridized carbons (Fsp3) is 0.577. The van der Waals surface area contributed by atoms with Crippen LogP contribution in [-0.4, -0.2) is 0 Å². The van der Waals surface area contributed by atoms with Gasteiger partial charge >= 0.3 is 0 Å². The van der Waals surface area contributed by atoms with Crippen molar-refractivity contribution in [2.45, 2.75) is 76.0 Å². The summed E-state index contributed by atoms with van der Waals surface area (Å²) in [4.78, 5) is 0. The molecular weight excluding hydrogens is 312 g/mol. The molecule has 1 atom stereocenters. The highest BCUT2D eigenvalue weighted by Crippen LogP contribution is 2.40. The fourth-order valence-electron chi connectivity index (χ4n) is 5.32. The Balaban J connectivity index is 1.53. The van der Waals surface area contributed by atoms with Gasteiger partial charge in [0.15, 0.2) is 0 Å². The summed E-state index contributed by atoms with van der Waals surface area (Å²) in [6, 6.07) is 9.54. The third kappa shape index (κ3) is 4.90. The van der Waals surface area contributed by atoms with Gasteiger partial charge in [0, 0.05) is 0 Å². The number of rotatable bonds is 7. The quantitative estimate of drug-likeness (QED) is 0.440. The zero-order chi connectivity index (χ0) is 18.4. The first-order valence-corrected chi connectivity index (χ1v) is 10.9. The van der Waals surface area contributed by atoms with Crippen LogP contribution in [0.15, 0.2) is 49.6 Å². The molecule has 26 heavy (non-hydrogen) atoms. The van der Waals surface area contributed by atoms with Gasteiger partial charge in [-0.05, 0) is 112 Å². The molecule has 0 aliphatic heterocycles. The maximum atomic E-state index is 4.55. The van der Waals surface area contributed by atoms with Crippen molar-refractivity contribution in [3.05, 3.63) is 67.6 Å². The predicted molar refractivity (Wildman–Crippen MR) is 114 cm³/mol. The van der Waals surface area contributed by atoms with Gasteiger partial charge in [0.05, 0.1) is 0 Å². The summed E-state index contributed by atoms with van der Waals surface area (Å²) in [5, 5.41) is 0. The number of hydrogen-bond acceptors (Lipinski definition) is 0. The molecule has 0 nitrogen and oxygen atoms in total. The Hall–Kier alpha value is -1.30. The standard InChI is InChI=1S/C26H37/c1-4-6-21-8-12-23(13-9-21)20(3)24-16-18-26(19-17-24)25-14-10-22(7-5-2)11-15-25/h4-5,16-23,25H,1-3,6-15H2. The van der Waals surface area contributed by atoms with E-state index in [2.05, 4.69) is 56.5 Å². The highest BCUT2D eigenvalue weighted by Gasteiger charge is 2.26. The fourth-order valence-corrected chi connectivity index (χ4v) is 5.32. The van der Waals surface area contributed by atoms with E-state index in [9.17, 15) is 0 Å². The minimum atomic E-state index is 0.456. The molecule has 2 aliphatic rings. The van der Waals surface area contributed by atoms with Gasteiger partial charge in [-0.3, -0.25) is 0 Å². The first kappa shape index (κ1) is 19.5. The van der Waals surface area contributed by atoms with Crippen LogP contribution < -0.4 is 0 Å². The van der Waals surface area contributed by atoms with E-state index in [0.29, 0.717) is 5.92 Å². The topological polar surface area (TPSA) is 0 Å². The van der Waals surface area contributed by atoms with Crippen molar-refractivity contribution in [1.82, 2.24) is 0 Å². The molecule has 0 heterocycles. The molecule has 2 fully saturated rings. The molecule has 0 saturated heterocycles. The summed E-state index contributed by atoms with van der Waals surface area (Å²) >= 11 is 0. The van der Waals surface area contributed by atoms with E-state index in [1.807, 2.05) is 0 Å². The van der Waals surface area contributed by atoms with Crippen LogP contribution in [0.3, 0.4) is 0 Å². The highest BCUT2D eigenvalue weighted by molar-refractivity contribution is 5.29. The van der Waals surface area contributed by atoms with E-state index in [0.717, 1.165) is 23.7 Å². The molecule has 141 valence electrons. The lowest BCUT2D eigenvalue weighted by Gasteiger charge is -2.32. The zero-order valence-corrected chi connectivity index (χ0v) is 16.5. The van der Waals surface area contributed by atoms with Crippen molar-refractivity contribution < 1.29 is 0 Å². The van der Waals surface area contributed by atoms with Crippen molar-refractivity contribution in [3.8, 4) is 0 Å². The SMILES string of the molecule is [CH2]C(c1ccc(C2CCC(CC=C)CC2)cc1)C1CCC(CC=C)CC1. The first-order chi connectivity index (χ1) is 12.7. The van der Waals surface area contributed by atoms with Crippen LogP contribution in [0.1, 0.15) is 87.2 Å². The minimum absolute atomic E-state index is 0.456. The molecule has 0 heteroatoms. The largest absolute Gasteiger partial charge is 0.103 e. The molecule has 0 N–H and O–H groups in total. The van der Waals surface area contributed by atoms with Crippen molar-refractivity contribution in [1.29, 1.82) is 0 Å². The van der Waals surface area contributed by atoms with E-state index in [1.54, 1.807) is 5.56 Å². The summed E-state index contributed by atoms with van der Waals surface area (Å²) in [6.45, 7) is 12.3. The van der Waals surface area contributed by atoms with E-state index < -0.39 is 0 Å². The van der Waals surface area contributed by atoms with Gasteiger partial charge in [-0.25, -0.2) is 0 Å². The summed E-state index contributed by atoms with van der Waals surface area (Å²) in [5.41, 5.74) is 2.99. The summed E-state index contributed by atoms with van der Waals surface area (Å²) in [7, 11) is 0. The Labute approximate surface area is 161 Å². The smallest absolute Gasteiger partial charge is 0.0133 e. The minimum Gasteiger partial charge on any atom is -0.103 e. The van der Waals surface area contributed by atoms with Gasteiger partial charge < -0.3 is 0 Å². The first-order valence-electron chi connectivity index (χ1n) is 10.9. The average molecular weight is 350 g/mol. The number of benzene rings is 1. The Morgan fingerprint density at radius 1 is 0.769 bits per heavy atom. The Kier molecular flexibility index (Phi) is 7.17. The van der Waals surface area contributed by atoms with E-state index in [4.69, 9.17) is 0 Å². The van der Waals surface area contributed by atoms with Crippen LogP contribution >= 0.6 is 0 Å². The Morgan fingerprint density at radius 2 is 1.27 bits per heavy atom. The van der Waals surface area contributed by atoms with E-state index in [1.165, 1.54) is 69.8 Å². The van der Waals surface area contributed by atoms with E-state index in [-0.39, 0.29) is 0 Å². The van der Waals surface area contributed by atoms with Crippen molar-refractivity contribution in [3.63, 3.8) is 0 Å². The molecule has 0 spiro atoms. The molecule has 1 aromatic rings. The van der Waals surface area contributed by atoms with E-state index >= 15 is 0 Å². The van der Waals surface area contributed by atoms with Crippen molar-refractivity contribution in [2.75, 3.05) is 0 Å². The van der Waals surface area contributed by atoms with Crippen molar-refractivity contribution >= 4 is 0 Å². The zero-order valence-electron chi connectivity index (χ0n) is 16.5. The maximum Gasteiger partial charge on any atom is -0.0133 e. The van der Waals surface area contributed by atoms with Gasteiger partial charge in [0.2, 0.25) is 0 Å². The lowest BCUT2D eigenvalue weighted by molar-refractivity contribution is 0.259. The van der Waals surface area contributed by atoms with Crippen LogP contribution in [0.2, 0.25) is 0 Å². The van der Waals surface area contributed by atoms with Gasteiger partial charge in [0.25, 0.3) is 0 Å². The third-order valence-electron chi connectivity index (χ3n) is 7.14. The normalized spacial score (nSPS) is 30.5. The number of allylic oxidation sites excluding steroid dienone is 2. The Morgan fingerprint density at radius 3 is 1.77 bits per heavy atom. The summed E-state index contributed by atoms with van der Waals surface area (Å²) in [5.74, 6) is 3.73. The van der Waals surface area contributed by atoms with Crippen LogP contribution in [0.4, 0.5) is 0 Å². The number of hydrogen-bond donors (Lipinski definition) is 0. The molecule has 1 radical (unpaired) electrons. The van der Waals surface area contributed by atoms with Crippen LogP contribution in [0, 0.1) is 24.7 Å². The molecule has 0 aromatic heterocycles. The van der Waals surface area contributed by atoms with Gasteiger partial charge in [-0.2, -0.15) is 0 Å². The molecule has 1 aromatic carbocycles. The second-order valence-electron chi connectivity index (χ2n) is 8.82. The van der Waals surface area contributed by atoms with Crippen LogP contribution in [0.5, 0.6) is 0 Å². The highest BCUT2D eigenvalue weighted by atomic mass is 14.3. The van der Waals surface area contributed by atoms with Gasteiger partial charge in [-0.1, -0.05) is 36.4 Å². The predicted octanol–water partition coefficient (Wildman–Crippen LogP) is 7.84. The van der Waals surface area contributed by atoms with Gasteiger partial charge in [0.1, 0.15) is 0 Å². The Bertz CT molecular complexity index is 550. The monoisotopic (exact) mass is 349 g/mol. The lowest BCUT2D eigenvalue weighted by atomic mass is 9.73. The van der Waals surface area contributed by atoms with Crippen LogP contribution in [-0.2, 0) is 0 Å². The molecule has 2 aliphatic carbocycles. The molecular formula is C26H37. The van der Waals surface area contributed by atoms with Crippen LogP contribution in [0.25, 0.3) is 0 Å². The van der Waals surface area contributed by atoms with Gasteiger partial charge in [-0.15, -0.1) is 13.2 Å². The lowest BCUT2D eigenvalue weighted by Crippen LogP contribution is -2.19. The molecule has 1 unspecified atom stereocenters. The summed E-state index contributed by atoms with van der Waals surface area (Å²) < 4.78 is 0. The second kappa shape index (κ2) is 9.58. The molecule has 3 rings (SSSR count). The summed E-state index contributed by atoms with van der Waals surface area (Å²) in [6.07, 6.45) is 17.4. The molecule has 2 saturated carbocycles.